The summed E-state index contributed by atoms with van der Waals surface area (Å²) in [5.74, 6) is 0.0653. The topological polar surface area (TPSA) is 114 Å². The van der Waals surface area contributed by atoms with E-state index in [1.165, 1.54) is 16.8 Å². The van der Waals surface area contributed by atoms with Crippen LogP contribution in [0.5, 0.6) is 0 Å². The molecule has 0 aliphatic carbocycles. The Morgan fingerprint density at radius 3 is 2.45 bits per heavy atom. The summed E-state index contributed by atoms with van der Waals surface area (Å²) in [6, 6.07) is 1.34. The van der Waals surface area contributed by atoms with Gasteiger partial charge >= 0.3 is 0 Å². The summed E-state index contributed by atoms with van der Waals surface area (Å²) in [7, 11) is -2.42. The number of nitrogens with one attached hydrogen (secondary N) is 2. The van der Waals surface area contributed by atoms with Crippen LogP contribution in [0.3, 0.4) is 0 Å². The van der Waals surface area contributed by atoms with Crippen LogP contribution in [0.4, 0.5) is 11.4 Å². The Balaban J connectivity index is 2.89. The van der Waals surface area contributed by atoms with Crippen molar-refractivity contribution in [3.63, 3.8) is 0 Å². The van der Waals surface area contributed by atoms with E-state index in [1.54, 1.807) is 0 Å². The summed E-state index contributed by atoms with van der Waals surface area (Å²) in [4.78, 5) is 32.8. The molecule has 0 radical (unpaired) electrons. The van der Waals surface area contributed by atoms with Crippen molar-refractivity contribution in [2.45, 2.75) is 19.4 Å². The standard InChI is InChI=1S/C11H15N3O5S/c15-7-12-9-5-10(13-8-16)11(17)14(6-9)3-1-2-4-20(18)19/h5-8,20H,1-4H2,(H,12,15)(H,13,16). The average molecular weight is 301 g/mol. The minimum Gasteiger partial charge on any atom is -0.327 e. The first-order chi connectivity index (χ1) is 9.58. The van der Waals surface area contributed by atoms with Gasteiger partial charge in [0.1, 0.15) is 16.4 Å². The number of aryl methyl sites for hydroxylation is 1. The summed E-state index contributed by atoms with van der Waals surface area (Å²) in [5.41, 5.74) is -0.0133. The van der Waals surface area contributed by atoms with Crippen LogP contribution >= 0.6 is 0 Å². The van der Waals surface area contributed by atoms with Crippen molar-refractivity contribution >= 4 is 34.9 Å². The second kappa shape index (κ2) is 8.10. The molecule has 0 atom stereocenters. The van der Waals surface area contributed by atoms with Crippen LogP contribution in [-0.2, 0) is 26.8 Å². The molecular weight excluding hydrogens is 286 g/mol. The number of aromatic nitrogens is 1. The molecule has 0 saturated heterocycles. The zero-order valence-corrected chi connectivity index (χ0v) is 11.5. The predicted octanol–water partition coefficient (Wildman–Crippen LogP) is -0.624. The van der Waals surface area contributed by atoms with Crippen LogP contribution in [0.2, 0.25) is 0 Å². The van der Waals surface area contributed by atoms with Crippen LogP contribution < -0.4 is 16.2 Å². The summed E-state index contributed by atoms with van der Waals surface area (Å²) in [6.07, 6.45) is 3.19. The lowest BCUT2D eigenvalue weighted by Gasteiger charge is -2.10. The number of amides is 2. The Hall–Kier alpha value is -2.16. The van der Waals surface area contributed by atoms with E-state index in [1.807, 2.05) is 0 Å². The molecule has 9 heteroatoms. The highest BCUT2D eigenvalue weighted by Crippen LogP contribution is 2.10. The molecule has 1 rings (SSSR count). The van der Waals surface area contributed by atoms with Crippen LogP contribution in [0, 0.1) is 0 Å². The van der Waals surface area contributed by atoms with Crippen LogP contribution in [0.1, 0.15) is 12.8 Å². The Labute approximate surface area is 116 Å². The first-order valence-corrected chi connectivity index (χ1v) is 7.21. The first kappa shape index (κ1) is 15.9. The fourth-order valence-corrected chi connectivity index (χ4v) is 2.12. The fourth-order valence-electron chi connectivity index (χ4n) is 1.64. The van der Waals surface area contributed by atoms with Crippen LogP contribution in [0.15, 0.2) is 17.1 Å². The Morgan fingerprint density at radius 1 is 1.15 bits per heavy atom. The summed E-state index contributed by atoms with van der Waals surface area (Å²) in [5, 5.41) is 4.65. The zero-order chi connectivity index (χ0) is 15.0. The smallest absolute Gasteiger partial charge is 0.274 e. The van der Waals surface area contributed by atoms with Gasteiger partial charge in [0.15, 0.2) is 0 Å². The monoisotopic (exact) mass is 301 g/mol. The summed E-state index contributed by atoms with van der Waals surface area (Å²) in [6.45, 7) is 0.296. The van der Waals surface area contributed by atoms with Gasteiger partial charge in [0.25, 0.3) is 5.56 Å². The molecule has 0 saturated carbocycles. The van der Waals surface area contributed by atoms with E-state index in [0.29, 0.717) is 37.9 Å². The number of hydrogen-bond donors (Lipinski definition) is 3. The molecular formula is C11H15N3O5S. The van der Waals surface area contributed by atoms with E-state index >= 15 is 0 Å². The lowest BCUT2D eigenvalue weighted by Crippen LogP contribution is -2.23. The second-order valence-corrected chi connectivity index (χ2v) is 5.04. The molecule has 1 heterocycles. The van der Waals surface area contributed by atoms with Crippen molar-refractivity contribution in [3.05, 3.63) is 22.6 Å². The van der Waals surface area contributed by atoms with Gasteiger partial charge in [0.2, 0.25) is 12.8 Å². The number of thiol groups is 1. The van der Waals surface area contributed by atoms with E-state index in [0.717, 1.165) is 0 Å². The molecule has 2 N–H and O–H groups in total. The van der Waals surface area contributed by atoms with Crippen molar-refractivity contribution in [2.75, 3.05) is 16.4 Å². The second-order valence-electron chi connectivity index (χ2n) is 3.93. The first-order valence-electron chi connectivity index (χ1n) is 5.85. The number of carbonyl (C=O) groups is 2. The van der Waals surface area contributed by atoms with Gasteiger partial charge < -0.3 is 15.2 Å². The number of pyridine rings is 1. The molecule has 0 aromatic carbocycles. The largest absolute Gasteiger partial charge is 0.327 e. The third-order valence-corrected chi connectivity index (χ3v) is 3.20. The third-order valence-electron chi connectivity index (χ3n) is 2.52. The number of hydrogen-bond acceptors (Lipinski definition) is 5. The van der Waals surface area contributed by atoms with Crippen molar-refractivity contribution in [1.82, 2.24) is 4.57 Å². The Morgan fingerprint density at radius 2 is 1.85 bits per heavy atom. The van der Waals surface area contributed by atoms with E-state index in [4.69, 9.17) is 0 Å². The maximum atomic E-state index is 11.9. The third kappa shape index (κ3) is 4.84. The normalized spacial score (nSPS) is 10.2. The van der Waals surface area contributed by atoms with E-state index in [2.05, 4.69) is 10.6 Å². The van der Waals surface area contributed by atoms with Crippen molar-refractivity contribution in [1.29, 1.82) is 0 Å². The molecule has 0 unspecified atom stereocenters. The van der Waals surface area contributed by atoms with Crippen LogP contribution in [0.25, 0.3) is 0 Å². The minimum absolute atomic E-state index is 0.0433. The Bertz CT molecular complexity index is 601. The molecule has 0 bridgehead atoms. The fraction of sp³-hybridized carbons (Fsp3) is 0.364. The maximum Gasteiger partial charge on any atom is 0.274 e. The number of unbranched alkanes of at least 4 members (excludes halogenated alkanes) is 1. The van der Waals surface area contributed by atoms with Gasteiger partial charge in [0, 0.05) is 18.5 Å². The highest BCUT2D eigenvalue weighted by molar-refractivity contribution is 7.72. The highest BCUT2D eigenvalue weighted by Gasteiger charge is 2.06. The molecule has 0 aliphatic heterocycles. The number of rotatable bonds is 9. The molecule has 0 aliphatic rings. The van der Waals surface area contributed by atoms with Crippen molar-refractivity contribution in [2.24, 2.45) is 0 Å². The lowest BCUT2D eigenvalue weighted by atomic mass is 10.3. The minimum atomic E-state index is -2.42. The van der Waals surface area contributed by atoms with Gasteiger partial charge in [-0.25, -0.2) is 8.42 Å². The van der Waals surface area contributed by atoms with Crippen molar-refractivity contribution in [3.8, 4) is 0 Å². The molecule has 1 aromatic rings. The lowest BCUT2D eigenvalue weighted by molar-refractivity contribution is -0.106. The molecule has 110 valence electrons. The van der Waals surface area contributed by atoms with Gasteiger partial charge in [-0.15, -0.1) is 0 Å². The van der Waals surface area contributed by atoms with Crippen LogP contribution in [-0.4, -0.2) is 31.6 Å². The summed E-state index contributed by atoms with van der Waals surface area (Å²) < 4.78 is 22.2. The molecule has 2 amide bonds. The highest BCUT2D eigenvalue weighted by atomic mass is 32.2. The quantitative estimate of drug-likeness (QED) is 0.319. The van der Waals surface area contributed by atoms with E-state index < -0.39 is 16.3 Å². The van der Waals surface area contributed by atoms with Gasteiger partial charge in [-0.05, 0) is 18.9 Å². The molecule has 8 nitrogen and oxygen atoms in total. The van der Waals surface area contributed by atoms with Gasteiger partial charge in [0.05, 0.1) is 5.69 Å². The number of anilines is 2. The van der Waals surface area contributed by atoms with E-state index in [-0.39, 0.29) is 11.4 Å². The molecule has 0 spiro atoms. The van der Waals surface area contributed by atoms with Crippen molar-refractivity contribution < 1.29 is 18.0 Å². The molecule has 20 heavy (non-hydrogen) atoms. The maximum absolute atomic E-state index is 11.9. The summed E-state index contributed by atoms with van der Waals surface area (Å²) >= 11 is 0. The van der Waals surface area contributed by atoms with Gasteiger partial charge in [-0.2, -0.15) is 0 Å². The Kier molecular flexibility index (Phi) is 6.44. The number of carbonyl (C=O) groups excluding carboxylic acids is 2. The molecule has 0 fully saturated rings. The zero-order valence-electron chi connectivity index (χ0n) is 10.6. The number of nitrogens with zero attached hydrogens (tertiary/aromatic N) is 1. The van der Waals surface area contributed by atoms with E-state index in [9.17, 15) is 22.8 Å². The van der Waals surface area contributed by atoms with Gasteiger partial charge in [-0.3, -0.25) is 14.4 Å². The van der Waals surface area contributed by atoms with Gasteiger partial charge in [-0.1, -0.05) is 0 Å². The molecule has 1 aromatic heterocycles. The SMILES string of the molecule is O=CNc1cc(NC=O)c(=O)n(CCCC[SH](=O)=O)c1. The predicted molar refractivity (Wildman–Crippen MR) is 74.5 cm³/mol. The average Bonchev–Trinajstić information content (AvgIpc) is 2.39.